The molecule has 1 aromatic heterocycles. The van der Waals surface area contributed by atoms with Crippen molar-refractivity contribution in [3.8, 4) is 0 Å². The summed E-state index contributed by atoms with van der Waals surface area (Å²) < 4.78 is 0. The van der Waals surface area contributed by atoms with Gasteiger partial charge in [-0.1, -0.05) is 0 Å². The Hall–Kier alpha value is -0.450. The Kier molecular flexibility index (Phi) is 5.15. The molecule has 1 atom stereocenters. The lowest BCUT2D eigenvalue weighted by Gasteiger charge is -2.23. The van der Waals surface area contributed by atoms with Gasteiger partial charge in [0.15, 0.2) is 0 Å². The Labute approximate surface area is 115 Å². The first-order valence-corrected chi connectivity index (χ1v) is 7.83. The van der Waals surface area contributed by atoms with Gasteiger partial charge in [0.2, 0.25) is 0 Å². The lowest BCUT2D eigenvalue weighted by Crippen LogP contribution is -2.31. The highest BCUT2D eigenvalue weighted by Crippen LogP contribution is 2.15. The molecule has 0 aromatic carbocycles. The van der Waals surface area contributed by atoms with Crippen LogP contribution in [0.4, 0.5) is 0 Å². The summed E-state index contributed by atoms with van der Waals surface area (Å²) in [6, 6.07) is 0.775. The molecule has 2 heterocycles. The summed E-state index contributed by atoms with van der Waals surface area (Å²) in [5, 5.41) is 3.39. The highest BCUT2D eigenvalue weighted by molar-refractivity contribution is 7.09. The maximum atomic E-state index is 4.55. The molecular weight excluding hydrogens is 242 g/mol. The number of aryl methyl sites for hydroxylation is 1. The fourth-order valence-electron chi connectivity index (χ4n) is 2.67. The minimum Gasteiger partial charge on any atom is -0.306 e. The zero-order valence-corrected chi connectivity index (χ0v) is 12.7. The Morgan fingerprint density at radius 2 is 2.22 bits per heavy atom. The third-order valence-corrected chi connectivity index (χ3v) is 4.69. The summed E-state index contributed by atoms with van der Waals surface area (Å²) in [6.07, 6.45) is 5.10. The lowest BCUT2D eigenvalue weighted by atomic mass is 10.1. The standard InChI is InChI=1S/C14H25N3S/c1-12-15-13(11-18-12)6-9-17-8-4-5-14(7-10-17)16(2)3/h11,14H,4-10H2,1-3H3. The quantitative estimate of drug-likeness (QED) is 0.835. The van der Waals surface area contributed by atoms with Gasteiger partial charge >= 0.3 is 0 Å². The van der Waals surface area contributed by atoms with Gasteiger partial charge in [0.25, 0.3) is 0 Å². The molecule has 3 nitrogen and oxygen atoms in total. The molecular formula is C14H25N3S. The number of aromatic nitrogens is 1. The van der Waals surface area contributed by atoms with Gasteiger partial charge in [-0.3, -0.25) is 0 Å². The second kappa shape index (κ2) is 6.64. The number of thiazole rings is 1. The van der Waals surface area contributed by atoms with E-state index in [1.54, 1.807) is 11.3 Å². The van der Waals surface area contributed by atoms with Gasteiger partial charge in [0.05, 0.1) is 10.7 Å². The molecule has 0 N–H and O–H groups in total. The fraction of sp³-hybridized carbons (Fsp3) is 0.786. The molecule has 1 aliphatic rings. The van der Waals surface area contributed by atoms with E-state index < -0.39 is 0 Å². The highest BCUT2D eigenvalue weighted by atomic mass is 32.1. The van der Waals surface area contributed by atoms with E-state index in [-0.39, 0.29) is 0 Å². The molecule has 1 aliphatic heterocycles. The molecule has 1 saturated heterocycles. The molecule has 1 fully saturated rings. The van der Waals surface area contributed by atoms with Crippen molar-refractivity contribution in [3.63, 3.8) is 0 Å². The number of hydrogen-bond donors (Lipinski definition) is 0. The van der Waals surface area contributed by atoms with Crippen molar-refractivity contribution in [3.05, 3.63) is 16.1 Å². The second-order valence-electron chi connectivity index (χ2n) is 5.50. The summed E-state index contributed by atoms with van der Waals surface area (Å²) in [4.78, 5) is 9.54. The van der Waals surface area contributed by atoms with Crippen molar-refractivity contribution in [2.75, 3.05) is 33.7 Å². The fourth-order valence-corrected chi connectivity index (χ4v) is 3.32. The van der Waals surface area contributed by atoms with Crippen molar-refractivity contribution in [2.45, 2.75) is 38.6 Å². The summed E-state index contributed by atoms with van der Waals surface area (Å²) in [7, 11) is 4.41. The number of rotatable bonds is 4. The van der Waals surface area contributed by atoms with E-state index in [1.165, 1.54) is 49.6 Å². The average molecular weight is 267 g/mol. The van der Waals surface area contributed by atoms with Gasteiger partial charge in [-0.25, -0.2) is 4.98 Å². The van der Waals surface area contributed by atoms with Crippen LogP contribution in [0.15, 0.2) is 5.38 Å². The Bertz CT molecular complexity index is 362. The molecule has 0 radical (unpaired) electrons. The largest absolute Gasteiger partial charge is 0.306 e. The van der Waals surface area contributed by atoms with Gasteiger partial charge in [-0.15, -0.1) is 11.3 Å². The molecule has 1 unspecified atom stereocenters. The summed E-state index contributed by atoms with van der Waals surface area (Å²) in [6.45, 7) is 5.75. The van der Waals surface area contributed by atoms with Crippen molar-refractivity contribution in [1.82, 2.24) is 14.8 Å². The first-order valence-electron chi connectivity index (χ1n) is 6.95. The van der Waals surface area contributed by atoms with Crippen LogP contribution in [-0.4, -0.2) is 54.6 Å². The maximum Gasteiger partial charge on any atom is 0.0897 e. The van der Waals surface area contributed by atoms with Gasteiger partial charge in [0.1, 0.15) is 0 Å². The molecule has 0 spiro atoms. The van der Waals surface area contributed by atoms with E-state index in [4.69, 9.17) is 0 Å². The molecule has 0 amide bonds. The Morgan fingerprint density at radius 1 is 1.39 bits per heavy atom. The predicted octanol–water partition coefficient (Wildman–Crippen LogP) is 2.41. The van der Waals surface area contributed by atoms with Crippen LogP contribution < -0.4 is 0 Å². The monoisotopic (exact) mass is 267 g/mol. The van der Waals surface area contributed by atoms with E-state index in [9.17, 15) is 0 Å². The smallest absolute Gasteiger partial charge is 0.0897 e. The van der Waals surface area contributed by atoms with Crippen LogP contribution in [-0.2, 0) is 6.42 Å². The summed E-state index contributed by atoms with van der Waals surface area (Å²) >= 11 is 1.76. The number of nitrogens with zero attached hydrogens (tertiary/aromatic N) is 3. The van der Waals surface area contributed by atoms with E-state index in [2.05, 4.69) is 41.2 Å². The van der Waals surface area contributed by atoms with Gasteiger partial charge < -0.3 is 9.80 Å². The van der Waals surface area contributed by atoms with Crippen molar-refractivity contribution < 1.29 is 0 Å². The van der Waals surface area contributed by atoms with E-state index in [0.717, 1.165) is 12.5 Å². The molecule has 0 bridgehead atoms. The summed E-state index contributed by atoms with van der Waals surface area (Å²) in [5.74, 6) is 0. The zero-order chi connectivity index (χ0) is 13.0. The molecule has 1 aromatic rings. The van der Waals surface area contributed by atoms with E-state index in [1.807, 2.05) is 0 Å². The van der Waals surface area contributed by atoms with Crippen LogP contribution in [0.1, 0.15) is 30.0 Å². The number of hydrogen-bond acceptors (Lipinski definition) is 4. The molecule has 0 aliphatic carbocycles. The minimum absolute atomic E-state index is 0.775. The maximum absolute atomic E-state index is 4.55. The first-order chi connectivity index (χ1) is 8.65. The van der Waals surface area contributed by atoms with Crippen LogP contribution in [0.2, 0.25) is 0 Å². The third-order valence-electron chi connectivity index (χ3n) is 3.87. The van der Waals surface area contributed by atoms with Crippen molar-refractivity contribution in [1.29, 1.82) is 0 Å². The van der Waals surface area contributed by atoms with E-state index in [0.29, 0.717) is 0 Å². The van der Waals surface area contributed by atoms with Crippen LogP contribution in [0.25, 0.3) is 0 Å². The van der Waals surface area contributed by atoms with Crippen LogP contribution in [0, 0.1) is 6.92 Å². The summed E-state index contributed by atoms with van der Waals surface area (Å²) in [5.41, 5.74) is 1.27. The SMILES string of the molecule is Cc1nc(CCN2CCCC(N(C)C)CC2)cs1. The zero-order valence-electron chi connectivity index (χ0n) is 11.9. The molecule has 4 heteroatoms. The third kappa shape index (κ3) is 4.04. The first kappa shape index (κ1) is 14.0. The van der Waals surface area contributed by atoms with E-state index >= 15 is 0 Å². The van der Waals surface area contributed by atoms with Crippen LogP contribution >= 0.6 is 11.3 Å². The van der Waals surface area contributed by atoms with Crippen molar-refractivity contribution in [2.24, 2.45) is 0 Å². The Morgan fingerprint density at radius 3 is 2.89 bits per heavy atom. The molecule has 2 rings (SSSR count). The molecule has 18 heavy (non-hydrogen) atoms. The molecule has 0 saturated carbocycles. The lowest BCUT2D eigenvalue weighted by molar-refractivity contribution is 0.250. The topological polar surface area (TPSA) is 19.4 Å². The second-order valence-corrected chi connectivity index (χ2v) is 6.56. The van der Waals surface area contributed by atoms with Gasteiger partial charge in [-0.2, -0.15) is 0 Å². The minimum atomic E-state index is 0.775. The highest BCUT2D eigenvalue weighted by Gasteiger charge is 2.18. The average Bonchev–Trinajstić information content (AvgIpc) is 2.62. The predicted molar refractivity (Wildman–Crippen MR) is 78.3 cm³/mol. The molecule has 102 valence electrons. The number of likely N-dealkylation sites (tertiary alicyclic amines) is 1. The van der Waals surface area contributed by atoms with Gasteiger partial charge in [0, 0.05) is 24.4 Å². The normalized spacial score (nSPS) is 22.3. The van der Waals surface area contributed by atoms with Crippen molar-refractivity contribution >= 4 is 11.3 Å². The van der Waals surface area contributed by atoms with Crippen LogP contribution in [0.3, 0.4) is 0 Å². The van der Waals surface area contributed by atoms with Gasteiger partial charge in [-0.05, 0) is 53.4 Å². The van der Waals surface area contributed by atoms with Crippen LogP contribution in [0.5, 0.6) is 0 Å². The Balaban J connectivity index is 1.77.